The molecule has 0 atom stereocenters. The van der Waals surface area contributed by atoms with Crippen LogP contribution in [0, 0.1) is 0 Å². The third-order valence-corrected chi connectivity index (χ3v) is 20.6. The molecule has 0 spiro atoms. The zero-order chi connectivity index (χ0) is 50.4. The Hall–Kier alpha value is -9.54. The number of para-hydroxylation sites is 2. The number of rotatable bonds is 11. The molecule has 0 N–H and O–H groups in total. The highest BCUT2D eigenvalue weighted by Gasteiger charge is 2.40. The second-order valence-electron chi connectivity index (χ2n) is 20.0. The van der Waals surface area contributed by atoms with Gasteiger partial charge in [-0.05, 0) is 126 Å². The number of fused-ring (bicyclic) bond motifs is 6. The van der Waals surface area contributed by atoms with Gasteiger partial charge in [0.1, 0.15) is 0 Å². The van der Waals surface area contributed by atoms with Crippen molar-refractivity contribution >= 4 is 67.2 Å². The second-order valence-corrected chi connectivity index (χ2v) is 23.9. The summed E-state index contributed by atoms with van der Waals surface area (Å²) in [6.45, 7) is 0. The fourth-order valence-electron chi connectivity index (χ4n) is 12.3. The van der Waals surface area contributed by atoms with Crippen LogP contribution in [0.15, 0.2) is 303 Å². The highest BCUT2D eigenvalue weighted by Crippen LogP contribution is 2.42. The van der Waals surface area contributed by atoms with E-state index in [1.807, 2.05) is 0 Å². The normalized spacial score (nSPS) is 11.7. The average molecular weight is 985 g/mol. The number of hydrogen-bond donors (Lipinski definition) is 0. The molecule has 0 saturated carbocycles. The molecule has 14 rings (SSSR count). The smallest absolute Gasteiger partial charge is 0.152 e. The van der Waals surface area contributed by atoms with Crippen LogP contribution in [0.4, 0.5) is 0 Å². The molecular formula is C73H52N2Si. The first-order valence-electron chi connectivity index (χ1n) is 26.4. The Kier molecular flexibility index (Phi) is 11.3. The lowest BCUT2D eigenvalue weighted by Crippen LogP contribution is -2.69. The van der Waals surface area contributed by atoms with Gasteiger partial charge < -0.3 is 9.13 Å². The van der Waals surface area contributed by atoms with Crippen molar-refractivity contribution in [1.29, 1.82) is 0 Å². The standard InChI is InChI=1S/C73H52N2Si/c1-6-24-52(25-7-1)55-30-20-31-56(46-55)60-47-59(54-28-10-3-11-29-54)48-61(49-60)74-67-41-18-17-40-66(67)73-70(74)44-23-45-71(73)75-68-42-19-16-39-65(68)72-58(33-22-43-69(72)75)51-76(62-34-12-4-13-35-62,63-36-14-5-15-37-63)64-38-21-32-57(50-64)53-26-8-2-9-27-53/h1-50H,51H2. The summed E-state index contributed by atoms with van der Waals surface area (Å²) in [6.07, 6.45) is 0. The minimum absolute atomic E-state index is 0.877. The van der Waals surface area contributed by atoms with Crippen LogP contribution in [0.5, 0.6) is 0 Å². The van der Waals surface area contributed by atoms with Crippen molar-refractivity contribution in [2.24, 2.45) is 0 Å². The Morgan fingerprint density at radius 3 is 1.24 bits per heavy atom. The van der Waals surface area contributed by atoms with Gasteiger partial charge in [-0.15, -0.1) is 0 Å². The van der Waals surface area contributed by atoms with Gasteiger partial charge in [-0.1, -0.05) is 249 Å². The summed E-state index contributed by atoms with van der Waals surface area (Å²) >= 11 is 0. The second kappa shape index (κ2) is 19.1. The van der Waals surface area contributed by atoms with Crippen molar-refractivity contribution < 1.29 is 0 Å². The summed E-state index contributed by atoms with van der Waals surface area (Å²) in [6, 6.07) is 113. The van der Waals surface area contributed by atoms with Crippen molar-refractivity contribution in [3.05, 3.63) is 309 Å². The van der Waals surface area contributed by atoms with Gasteiger partial charge in [0.15, 0.2) is 8.07 Å². The maximum absolute atomic E-state index is 2.81. The maximum Gasteiger partial charge on any atom is 0.152 e. The number of hydrogen-bond acceptors (Lipinski definition) is 0. The van der Waals surface area contributed by atoms with E-state index in [1.165, 1.54) is 104 Å². The summed E-state index contributed by atoms with van der Waals surface area (Å²) in [5.41, 5.74) is 17.9. The van der Waals surface area contributed by atoms with Crippen LogP contribution in [-0.2, 0) is 6.04 Å². The molecule has 0 radical (unpaired) electrons. The number of nitrogens with zero attached hydrogens (tertiary/aromatic N) is 2. The molecular weight excluding hydrogens is 933 g/mol. The summed E-state index contributed by atoms with van der Waals surface area (Å²) in [5.74, 6) is 0. The van der Waals surface area contributed by atoms with E-state index in [-0.39, 0.29) is 0 Å². The molecule has 2 aromatic heterocycles. The Morgan fingerprint density at radius 2 is 0.632 bits per heavy atom. The Labute approximate surface area is 444 Å². The summed E-state index contributed by atoms with van der Waals surface area (Å²) < 4.78 is 5.05. The largest absolute Gasteiger partial charge is 0.309 e. The summed E-state index contributed by atoms with van der Waals surface area (Å²) in [7, 11) is -2.81. The highest BCUT2D eigenvalue weighted by molar-refractivity contribution is 7.11. The number of benzene rings is 12. The minimum Gasteiger partial charge on any atom is -0.309 e. The maximum atomic E-state index is 2.55. The third kappa shape index (κ3) is 7.71. The molecule has 0 fully saturated rings. The van der Waals surface area contributed by atoms with Gasteiger partial charge in [0.05, 0.1) is 27.8 Å². The van der Waals surface area contributed by atoms with Crippen LogP contribution >= 0.6 is 0 Å². The fourth-order valence-corrected chi connectivity index (χ4v) is 17.1. The van der Waals surface area contributed by atoms with Crippen LogP contribution in [0.1, 0.15) is 5.56 Å². The first kappa shape index (κ1) is 45.1. The van der Waals surface area contributed by atoms with E-state index >= 15 is 0 Å². The monoisotopic (exact) mass is 984 g/mol. The lowest BCUT2D eigenvalue weighted by atomic mass is 9.95. The first-order valence-corrected chi connectivity index (χ1v) is 28.6. The van der Waals surface area contributed by atoms with Crippen LogP contribution in [0.3, 0.4) is 0 Å². The number of aromatic nitrogens is 2. The molecule has 3 heteroatoms. The molecule has 0 saturated heterocycles. The Morgan fingerprint density at radius 1 is 0.250 bits per heavy atom. The zero-order valence-corrected chi connectivity index (χ0v) is 43.0. The van der Waals surface area contributed by atoms with Gasteiger partial charge in [-0.2, -0.15) is 0 Å². The third-order valence-electron chi connectivity index (χ3n) is 15.7. The zero-order valence-electron chi connectivity index (χ0n) is 42.0. The van der Waals surface area contributed by atoms with Crippen molar-refractivity contribution in [3.63, 3.8) is 0 Å². The average Bonchev–Trinajstić information content (AvgIpc) is 4.16. The van der Waals surface area contributed by atoms with Crippen LogP contribution in [0.25, 0.3) is 99.5 Å². The highest BCUT2D eigenvalue weighted by atomic mass is 28.3. The summed E-state index contributed by atoms with van der Waals surface area (Å²) in [4.78, 5) is 0. The fraction of sp³-hybridized carbons (Fsp3) is 0.0137. The predicted molar refractivity (Wildman–Crippen MR) is 325 cm³/mol. The van der Waals surface area contributed by atoms with Crippen molar-refractivity contribution in [3.8, 4) is 55.9 Å². The van der Waals surface area contributed by atoms with E-state index < -0.39 is 8.07 Å². The lowest BCUT2D eigenvalue weighted by molar-refractivity contribution is 1.17. The van der Waals surface area contributed by atoms with Crippen LogP contribution in [-0.4, -0.2) is 17.2 Å². The van der Waals surface area contributed by atoms with Crippen LogP contribution < -0.4 is 15.6 Å². The Bertz CT molecular complexity index is 4370. The molecule has 358 valence electrons. The predicted octanol–water partition coefficient (Wildman–Crippen LogP) is 16.8. The molecule has 0 bridgehead atoms. The van der Waals surface area contributed by atoms with Gasteiger partial charge in [0, 0.05) is 27.2 Å². The van der Waals surface area contributed by atoms with Crippen molar-refractivity contribution in [1.82, 2.24) is 9.13 Å². The molecule has 12 aromatic carbocycles. The van der Waals surface area contributed by atoms with Crippen molar-refractivity contribution in [2.45, 2.75) is 6.04 Å². The molecule has 0 aliphatic heterocycles. The molecule has 0 amide bonds. The van der Waals surface area contributed by atoms with Crippen LogP contribution in [0.2, 0.25) is 0 Å². The van der Waals surface area contributed by atoms with Gasteiger partial charge in [0.25, 0.3) is 0 Å². The van der Waals surface area contributed by atoms with Gasteiger partial charge in [0.2, 0.25) is 0 Å². The molecule has 2 nitrogen and oxygen atoms in total. The molecule has 0 unspecified atom stereocenters. The SMILES string of the molecule is c1ccc(-c2cccc(-c3cc(-c4ccccc4)cc(-n4c5ccccc5c5c(-n6c7ccccc7c7c(C[Si](c8ccccc8)(c8ccccc8)c8cccc(-c9ccccc9)c8)cccc76)cccc54)c3)c2)cc1. The molecule has 76 heavy (non-hydrogen) atoms. The van der Waals surface area contributed by atoms with E-state index in [9.17, 15) is 0 Å². The van der Waals surface area contributed by atoms with E-state index in [1.54, 1.807) is 0 Å². The van der Waals surface area contributed by atoms with Gasteiger partial charge in [-0.3, -0.25) is 0 Å². The summed E-state index contributed by atoms with van der Waals surface area (Å²) in [5, 5.41) is 9.19. The van der Waals surface area contributed by atoms with Crippen molar-refractivity contribution in [2.75, 3.05) is 0 Å². The van der Waals surface area contributed by atoms with E-state index in [0.717, 1.165) is 22.9 Å². The topological polar surface area (TPSA) is 9.86 Å². The van der Waals surface area contributed by atoms with E-state index in [0.29, 0.717) is 0 Å². The molecule has 0 aliphatic carbocycles. The molecule has 14 aromatic rings. The van der Waals surface area contributed by atoms with Gasteiger partial charge in [-0.25, -0.2) is 0 Å². The quantitative estimate of drug-likeness (QED) is 0.0903. The molecule has 0 aliphatic rings. The lowest BCUT2D eigenvalue weighted by Gasteiger charge is -2.34. The van der Waals surface area contributed by atoms with Gasteiger partial charge >= 0.3 is 0 Å². The van der Waals surface area contributed by atoms with E-state index in [4.69, 9.17) is 0 Å². The van der Waals surface area contributed by atoms with E-state index in [2.05, 4.69) is 312 Å². The molecule has 2 heterocycles. The first-order chi connectivity index (χ1) is 37.7. The Balaban J connectivity index is 0.991. The minimum atomic E-state index is -2.81.